The predicted molar refractivity (Wildman–Crippen MR) is 62.2 cm³/mol. The van der Waals surface area contributed by atoms with Crippen LogP contribution >= 0.6 is 0 Å². The van der Waals surface area contributed by atoms with Gasteiger partial charge in [-0.15, -0.1) is 0 Å². The summed E-state index contributed by atoms with van der Waals surface area (Å²) in [6.45, 7) is 7.49. The summed E-state index contributed by atoms with van der Waals surface area (Å²) in [6.07, 6.45) is 3.65. The first-order valence-corrected chi connectivity index (χ1v) is 5.40. The summed E-state index contributed by atoms with van der Waals surface area (Å²) < 4.78 is 0. The number of aryl methyl sites for hydroxylation is 1. The summed E-state index contributed by atoms with van der Waals surface area (Å²) in [5.41, 5.74) is 2.94. The van der Waals surface area contributed by atoms with Gasteiger partial charge >= 0.3 is 0 Å². The molecule has 0 amide bonds. The molecule has 0 bridgehead atoms. The third-order valence-electron chi connectivity index (χ3n) is 2.84. The molecule has 1 rings (SSSR count). The molecule has 0 nitrogen and oxygen atoms in total. The Kier molecular flexibility index (Phi) is 4.07. The van der Waals surface area contributed by atoms with E-state index < -0.39 is 0 Å². The van der Waals surface area contributed by atoms with Gasteiger partial charge in [-0.25, -0.2) is 0 Å². The average Bonchev–Trinajstić information content (AvgIpc) is 2.21. The smallest absolute Gasteiger partial charge is 0.0801 e. The van der Waals surface area contributed by atoms with Crippen LogP contribution in [0.4, 0.5) is 0 Å². The van der Waals surface area contributed by atoms with E-state index in [1.54, 1.807) is 0 Å². The second-order valence-corrected chi connectivity index (χ2v) is 3.61. The van der Waals surface area contributed by atoms with Gasteiger partial charge in [0.2, 0.25) is 0 Å². The lowest BCUT2D eigenvalue weighted by Crippen LogP contribution is -2.27. The van der Waals surface area contributed by atoms with Crippen molar-refractivity contribution in [1.29, 1.82) is 0 Å². The molecular weight excluding hydrogens is 155 g/mol. The summed E-state index contributed by atoms with van der Waals surface area (Å²) in [5, 5.41) is 0. The summed E-state index contributed by atoms with van der Waals surface area (Å²) in [6, 6.07) is 9.09. The van der Waals surface area contributed by atoms with Crippen molar-refractivity contribution in [1.82, 2.24) is 0 Å². The minimum Gasteiger partial charge on any atom is -0.0801 e. The van der Waals surface area contributed by atoms with Crippen molar-refractivity contribution in [2.24, 2.45) is 0 Å². The largest absolute Gasteiger partial charge is 0.175 e. The SMILES string of the molecule is CCB(CC)c1ccc(CC)cc1. The highest BCUT2D eigenvalue weighted by Crippen LogP contribution is 2.03. The van der Waals surface area contributed by atoms with Crippen LogP contribution < -0.4 is 5.46 Å². The van der Waals surface area contributed by atoms with E-state index in [0.717, 1.165) is 13.1 Å². The molecule has 1 heteroatoms. The quantitative estimate of drug-likeness (QED) is 0.615. The first-order valence-electron chi connectivity index (χ1n) is 5.40. The van der Waals surface area contributed by atoms with Gasteiger partial charge in [-0.05, 0) is 12.0 Å². The van der Waals surface area contributed by atoms with Crippen LogP contribution in [0.3, 0.4) is 0 Å². The summed E-state index contributed by atoms with van der Waals surface area (Å²) >= 11 is 0. The second kappa shape index (κ2) is 5.11. The Hall–Kier alpha value is -0.715. The molecule has 70 valence electrons. The van der Waals surface area contributed by atoms with E-state index in [0.29, 0.717) is 0 Å². The van der Waals surface area contributed by atoms with Crippen molar-refractivity contribution in [3.63, 3.8) is 0 Å². The van der Waals surface area contributed by atoms with E-state index in [4.69, 9.17) is 0 Å². The standard InChI is InChI=1S/C12H19B/c1-4-11-7-9-12(10-8-11)13(5-2)6-3/h7-10H,4-6H2,1-3H3. The molecule has 0 aromatic heterocycles. The van der Waals surface area contributed by atoms with Gasteiger partial charge in [-0.1, -0.05) is 63.1 Å². The van der Waals surface area contributed by atoms with Gasteiger partial charge in [0.15, 0.2) is 6.71 Å². The number of hydrogen-bond donors (Lipinski definition) is 0. The van der Waals surface area contributed by atoms with Crippen LogP contribution in [0.15, 0.2) is 24.3 Å². The molecule has 0 spiro atoms. The zero-order chi connectivity index (χ0) is 9.68. The highest BCUT2D eigenvalue weighted by Gasteiger charge is 2.10. The maximum absolute atomic E-state index is 2.29. The maximum atomic E-state index is 2.29. The fraction of sp³-hybridized carbons (Fsp3) is 0.500. The van der Waals surface area contributed by atoms with Crippen LogP contribution in [0.1, 0.15) is 26.3 Å². The van der Waals surface area contributed by atoms with E-state index in [1.165, 1.54) is 23.7 Å². The Morgan fingerprint density at radius 1 is 0.923 bits per heavy atom. The lowest BCUT2D eigenvalue weighted by atomic mass is 9.41. The van der Waals surface area contributed by atoms with Crippen molar-refractivity contribution < 1.29 is 0 Å². The zero-order valence-corrected chi connectivity index (χ0v) is 9.01. The fourth-order valence-corrected chi connectivity index (χ4v) is 1.79. The van der Waals surface area contributed by atoms with Crippen LogP contribution in [0.25, 0.3) is 0 Å². The molecule has 0 aliphatic heterocycles. The molecule has 1 aromatic rings. The fourth-order valence-electron chi connectivity index (χ4n) is 1.79. The zero-order valence-electron chi connectivity index (χ0n) is 9.01. The molecule has 0 fully saturated rings. The molecule has 1 aromatic carbocycles. The van der Waals surface area contributed by atoms with Crippen LogP contribution in [0, 0.1) is 0 Å². The third kappa shape index (κ3) is 2.62. The van der Waals surface area contributed by atoms with Gasteiger partial charge in [-0.2, -0.15) is 0 Å². The Morgan fingerprint density at radius 3 is 1.85 bits per heavy atom. The first kappa shape index (κ1) is 10.4. The maximum Gasteiger partial charge on any atom is 0.175 e. The van der Waals surface area contributed by atoms with Crippen LogP contribution in [-0.4, -0.2) is 6.71 Å². The molecule has 0 radical (unpaired) electrons. The molecule has 0 aliphatic rings. The molecule has 0 saturated carbocycles. The van der Waals surface area contributed by atoms with Crippen molar-refractivity contribution in [3.8, 4) is 0 Å². The highest BCUT2D eigenvalue weighted by atomic mass is 13.9. The molecule has 0 aliphatic carbocycles. The summed E-state index contributed by atoms with van der Waals surface area (Å²) in [7, 11) is 0. The lowest BCUT2D eigenvalue weighted by molar-refractivity contribution is 1.14. The normalized spacial score (nSPS) is 10.1. The van der Waals surface area contributed by atoms with Gasteiger partial charge in [-0.3, -0.25) is 0 Å². The number of hydrogen-bond acceptors (Lipinski definition) is 0. The van der Waals surface area contributed by atoms with Gasteiger partial charge in [0.05, 0.1) is 0 Å². The molecule has 0 heterocycles. The van der Waals surface area contributed by atoms with E-state index in [2.05, 4.69) is 45.0 Å². The Bertz CT molecular complexity index is 234. The Labute approximate surface area is 82.4 Å². The average molecular weight is 174 g/mol. The minimum absolute atomic E-state index is 0.755. The monoisotopic (exact) mass is 174 g/mol. The third-order valence-corrected chi connectivity index (χ3v) is 2.84. The topological polar surface area (TPSA) is 0 Å². The minimum atomic E-state index is 0.755. The van der Waals surface area contributed by atoms with E-state index in [1.807, 2.05) is 0 Å². The first-order chi connectivity index (χ1) is 6.31. The molecule has 0 atom stereocenters. The van der Waals surface area contributed by atoms with Gasteiger partial charge in [0.25, 0.3) is 0 Å². The summed E-state index contributed by atoms with van der Waals surface area (Å²) in [4.78, 5) is 0. The lowest BCUT2D eigenvalue weighted by Gasteiger charge is -2.09. The number of benzene rings is 1. The summed E-state index contributed by atoms with van der Waals surface area (Å²) in [5.74, 6) is 0. The second-order valence-electron chi connectivity index (χ2n) is 3.61. The van der Waals surface area contributed by atoms with E-state index in [-0.39, 0.29) is 0 Å². The van der Waals surface area contributed by atoms with Crippen molar-refractivity contribution in [2.45, 2.75) is 39.8 Å². The molecule has 0 saturated heterocycles. The van der Waals surface area contributed by atoms with Crippen molar-refractivity contribution in [2.75, 3.05) is 0 Å². The Balaban J connectivity index is 2.78. The molecule has 0 unspecified atom stereocenters. The predicted octanol–water partition coefficient (Wildman–Crippen LogP) is 2.99. The van der Waals surface area contributed by atoms with E-state index in [9.17, 15) is 0 Å². The van der Waals surface area contributed by atoms with Crippen molar-refractivity contribution in [3.05, 3.63) is 29.8 Å². The van der Waals surface area contributed by atoms with E-state index >= 15 is 0 Å². The van der Waals surface area contributed by atoms with Gasteiger partial charge in [0, 0.05) is 0 Å². The highest BCUT2D eigenvalue weighted by molar-refractivity contribution is 6.73. The van der Waals surface area contributed by atoms with Crippen LogP contribution in [0.5, 0.6) is 0 Å². The number of rotatable bonds is 4. The van der Waals surface area contributed by atoms with Crippen LogP contribution in [-0.2, 0) is 6.42 Å². The molecule has 0 N–H and O–H groups in total. The van der Waals surface area contributed by atoms with Crippen LogP contribution in [0.2, 0.25) is 12.6 Å². The Morgan fingerprint density at radius 2 is 1.46 bits per heavy atom. The van der Waals surface area contributed by atoms with Crippen molar-refractivity contribution >= 4 is 12.2 Å². The van der Waals surface area contributed by atoms with Gasteiger partial charge < -0.3 is 0 Å². The molecular formula is C12H19B. The molecule has 13 heavy (non-hydrogen) atoms. The van der Waals surface area contributed by atoms with Gasteiger partial charge in [0.1, 0.15) is 0 Å².